The van der Waals surface area contributed by atoms with Gasteiger partial charge in [-0.05, 0) is 31.4 Å². The van der Waals surface area contributed by atoms with Gasteiger partial charge in [0.25, 0.3) is 5.91 Å². The molecular formula is C18H20F2N2O2. The third kappa shape index (κ3) is 3.47. The summed E-state index contributed by atoms with van der Waals surface area (Å²) >= 11 is 0. The summed E-state index contributed by atoms with van der Waals surface area (Å²) in [6.07, 6.45) is 6.72. The third-order valence-electron chi connectivity index (χ3n) is 4.66. The molecule has 24 heavy (non-hydrogen) atoms. The van der Waals surface area contributed by atoms with Gasteiger partial charge in [-0.3, -0.25) is 9.59 Å². The van der Waals surface area contributed by atoms with Crippen molar-refractivity contribution in [2.24, 2.45) is 5.92 Å². The van der Waals surface area contributed by atoms with E-state index >= 15 is 0 Å². The molecule has 2 amide bonds. The minimum absolute atomic E-state index is 0.0341. The second-order valence-corrected chi connectivity index (χ2v) is 6.22. The highest BCUT2D eigenvalue weighted by Gasteiger charge is 2.29. The molecule has 0 spiro atoms. The molecule has 0 bridgehead atoms. The van der Waals surface area contributed by atoms with Gasteiger partial charge in [-0.25, -0.2) is 8.78 Å². The van der Waals surface area contributed by atoms with Crippen LogP contribution in [-0.4, -0.2) is 47.8 Å². The minimum atomic E-state index is -0.854. The van der Waals surface area contributed by atoms with Gasteiger partial charge in [0, 0.05) is 38.2 Å². The number of benzene rings is 1. The lowest BCUT2D eigenvalue weighted by atomic mass is 9.93. The van der Waals surface area contributed by atoms with Gasteiger partial charge in [0.1, 0.15) is 11.6 Å². The molecule has 1 aliphatic carbocycles. The van der Waals surface area contributed by atoms with E-state index in [1.54, 1.807) is 4.90 Å². The van der Waals surface area contributed by atoms with Crippen molar-refractivity contribution < 1.29 is 18.4 Å². The van der Waals surface area contributed by atoms with Crippen molar-refractivity contribution in [2.45, 2.75) is 19.3 Å². The summed E-state index contributed by atoms with van der Waals surface area (Å²) in [6.45, 7) is 1.63. The molecule has 1 saturated heterocycles. The zero-order valence-corrected chi connectivity index (χ0v) is 13.4. The summed E-state index contributed by atoms with van der Waals surface area (Å²) in [5.41, 5.74) is -0.131. The molecule has 0 aromatic heterocycles. The second kappa shape index (κ2) is 7.11. The van der Waals surface area contributed by atoms with Crippen molar-refractivity contribution in [3.63, 3.8) is 0 Å². The molecule has 1 aromatic carbocycles. The topological polar surface area (TPSA) is 40.6 Å². The summed E-state index contributed by atoms with van der Waals surface area (Å²) in [5.74, 6) is -1.85. The Morgan fingerprint density at radius 3 is 2.33 bits per heavy atom. The van der Waals surface area contributed by atoms with Crippen molar-refractivity contribution in [3.8, 4) is 0 Å². The third-order valence-corrected chi connectivity index (χ3v) is 4.66. The van der Waals surface area contributed by atoms with Crippen molar-refractivity contribution >= 4 is 11.8 Å². The molecule has 1 atom stereocenters. The summed E-state index contributed by atoms with van der Waals surface area (Å²) in [6, 6.07) is 2.95. The lowest BCUT2D eigenvalue weighted by Crippen LogP contribution is -2.52. The van der Waals surface area contributed by atoms with Crippen molar-refractivity contribution in [1.29, 1.82) is 0 Å². The molecule has 0 radical (unpaired) electrons. The Bertz CT molecular complexity index is 667. The Morgan fingerprint density at radius 2 is 1.71 bits per heavy atom. The zero-order valence-electron chi connectivity index (χ0n) is 13.4. The number of rotatable bonds is 2. The fourth-order valence-corrected chi connectivity index (χ4v) is 3.24. The van der Waals surface area contributed by atoms with Crippen LogP contribution in [0.25, 0.3) is 0 Å². The number of hydrogen-bond acceptors (Lipinski definition) is 2. The molecule has 0 N–H and O–H groups in total. The van der Waals surface area contributed by atoms with E-state index in [0.717, 1.165) is 25.3 Å². The predicted molar refractivity (Wildman–Crippen MR) is 85.3 cm³/mol. The van der Waals surface area contributed by atoms with Crippen LogP contribution in [0.4, 0.5) is 8.78 Å². The van der Waals surface area contributed by atoms with Crippen molar-refractivity contribution in [3.05, 3.63) is 47.5 Å². The van der Waals surface area contributed by atoms with E-state index < -0.39 is 17.5 Å². The molecule has 3 rings (SSSR count). The van der Waals surface area contributed by atoms with Crippen LogP contribution in [0.3, 0.4) is 0 Å². The van der Waals surface area contributed by atoms with E-state index in [0.29, 0.717) is 32.2 Å². The number of carbonyl (C=O) groups excluding carboxylic acids is 2. The molecule has 128 valence electrons. The van der Waals surface area contributed by atoms with E-state index in [1.165, 1.54) is 11.0 Å². The number of allylic oxidation sites excluding steroid dienone is 2. The van der Waals surface area contributed by atoms with Gasteiger partial charge in [0.15, 0.2) is 0 Å². The Morgan fingerprint density at radius 1 is 1.00 bits per heavy atom. The quantitative estimate of drug-likeness (QED) is 0.780. The number of carbonyl (C=O) groups is 2. The number of amides is 2. The second-order valence-electron chi connectivity index (χ2n) is 6.22. The van der Waals surface area contributed by atoms with Crippen LogP contribution in [0, 0.1) is 17.6 Å². The molecule has 2 aliphatic rings. The maximum atomic E-state index is 13.7. The summed E-state index contributed by atoms with van der Waals surface area (Å²) < 4.78 is 26.7. The molecule has 1 aromatic rings. The first-order valence-corrected chi connectivity index (χ1v) is 8.24. The van der Waals surface area contributed by atoms with Gasteiger partial charge in [0.05, 0.1) is 5.56 Å². The zero-order chi connectivity index (χ0) is 17.1. The first kappa shape index (κ1) is 16.6. The van der Waals surface area contributed by atoms with Crippen molar-refractivity contribution in [2.75, 3.05) is 26.2 Å². The summed E-state index contributed by atoms with van der Waals surface area (Å²) in [5, 5.41) is 0. The van der Waals surface area contributed by atoms with E-state index in [4.69, 9.17) is 0 Å². The van der Waals surface area contributed by atoms with Crippen LogP contribution < -0.4 is 0 Å². The molecule has 0 saturated carbocycles. The van der Waals surface area contributed by atoms with Crippen LogP contribution in [0.1, 0.15) is 29.6 Å². The molecule has 4 nitrogen and oxygen atoms in total. The van der Waals surface area contributed by atoms with E-state index in [-0.39, 0.29) is 17.4 Å². The van der Waals surface area contributed by atoms with Crippen LogP contribution in [0.5, 0.6) is 0 Å². The SMILES string of the molecule is O=C(c1ccc(F)cc1F)N1CCN(C(=O)C2CC=CCC2)CC1. The normalized spacial score (nSPS) is 21.0. The van der Waals surface area contributed by atoms with E-state index in [1.807, 2.05) is 6.08 Å². The molecule has 6 heteroatoms. The smallest absolute Gasteiger partial charge is 0.256 e. The Balaban J connectivity index is 1.59. The van der Waals surface area contributed by atoms with Crippen LogP contribution in [0.2, 0.25) is 0 Å². The van der Waals surface area contributed by atoms with Gasteiger partial charge >= 0.3 is 0 Å². The summed E-state index contributed by atoms with van der Waals surface area (Å²) in [4.78, 5) is 28.1. The minimum Gasteiger partial charge on any atom is -0.339 e. The number of piperazine rings is 1. The van der Waals surface area contributed by atoms with Crippen LogP contribution in [-0.2, 0) is 4.79 Å². The largest absolute Gasteiger partial charge is 0.339 e. The van der Waals surface area contributed by atoms with Crippen molar-refractivity contribution in [1.82, 2.24) is 9.80 Å². The standard InChI is InChI=1S/C18H20F2N2O2/c19-14-6-7-15(16(20)12-14)18(24)22-10-8-21(9-11-22)17(23)13-4-2-1-3-5-13/h1-2,6-7,12-13H,3-5,8-11H2. The predicted octanol–water partition coefficient (Wildman–Crippen LogP) is 2.61. The number of nitrogens with zero attached hydrogens (tertiary/aromatic N) is 2. The fraction of sp³-hybridized carbons (Fsp3) is 0.444. The monoisotopic (exact) mass is 334 g/mol. The van der Waals surface area contributed by atoms with Crippen LogP contribution >= 0.6 is 0 Å². The Kier molecular flexibility index (Phi) is 4.92. The van der Waals surface area contributed by atoms with Gasteiger partial charge in [-0.1, -0.05) is 12.2 Å². The average molecular weight is 334 g/mol. The molecule has 1 heterocycles. The number of halogens is 2. The molecular weight excluding hydrogens is 314 g/mol. The lowest BCUT2D eigenvalue weighted by Gasteiger charge is -2.36. The Hall–Kier alpha value is -2.24. The average Bonchev–Trinajstić information content (AvgIpc) is 2.61. The van der Waals surface area contributed by atoms with Crippen LogP contribution in [0.15, 0.2) is 30.4 Å². The Labute approximate surface area is 139 Å². The maximum absolute atomic E-state index is 13.7. The highest BCUT2D eigenvalue weighted by atomic mass is 19.1. The maximum Gasteiger partial charge on any atom is 0.256 e. The fourth-order valence-electron chi connectivity index (χ4n) is 3.24. The first-order valence-electron chi connectivity index (χ1n) is 8.24. The van der Waals surface area contributed by atoms with Gasteiger partial charge in [-0.15, -0.1) is 0 Å². The molecule has 1 fully saturated rings. The van der Waals surface area contributed by atoms with Gasteiger partial charge in [0.2, 0.25) is 5.91 Å². The number of hydrogen-bond donors (Lipinski definition) is 0. The highest BCUT2D eigenvalue weighted by Crippen LogP contribution is 2.22. The lowest BCUT2D eigenvalue weighted by molar-refractivity contribution is -0.137. The molecule has 1 unspecified atom stereocenters. The van der Waals surface area contributed by atoms with Gasteiger partial charge < -0.3 is 9.80 Å². The van der Waals surface area contributed by atoms with E-state index in [2.05, 4.69) is 6.08 Å². The highest BCUT2D eigenvalue weighted by molar-refractivity contribution is 5.94. The first-order chi connectivity index (χ1) is 11.6. The van der Waals surface area contributed by atoms with E-state index in [9.17, 15) is 18.4 Å². The molecule has 1 aliphatic heterocycles. The summed E-state index contributed by atoms with van der Waals surface area (Å²) in [7, 11) is 0. The van der Waals surface area contributed by atoms with Gasteiger partial charge in [-0.2, -0.15) is 0 Å².